The molecule has 2 aromatic carbocycles. The quantitative estimate of drug-likeness (QED) is 0.792. The molecule has 0 aliphatic rings. The van der Waals surface area contributed by atoms with E-state index in [2.05, 4.69) is 21.2 Å². The van der Waals surface area contributed by atoms with Crippen molar-refractivity contribution in [2.75, 3.05) is 5.32 Å². The molecule has 106 valence electrons. The fraction of sp³-hybridized carbons (Fsp3) is 0.200. The lowest BCUT2D eigenvalue weighted by Crippen LogP contribution is -2.11. The van der Waals surface area contributed by atoms with Crippen LogP contribution in [0.2, 0.25) is 0 Å². The Morgan fingerprint density at radius 2 is 1.80 bits per heavy atom. The first-order valence-corrected chi connectivity index (χ1v) is 6.85. The van der Waals surface area contributed by atoms with Gasteiger partial charge in [-0.1, -0.05) is 28.1 Å². The van der Waals surface area contributed by atoms with Crippen LogP contribution in [0.4, 0.5) is 18.9 Å². The van der Waals surface area contributed by atoms with E-state index in [4.69, 9.17) is 0 Å². The molecule has 0 saturated carbocycles. The van der Waals surface area contributed by atoms with Crippen molar-refractivity contribution in [3.05, 3.63) is 63.4 Å². The zero-order valence-electron chi connectivity index (χ0n) is 11.0. The van der Waals surface area contributed by atoms with Gasteiger partial charge in [0.05, 0.1) is 0 Å². The van der Waals surface area contributed by atoms with Gasteiger partial charge in [-0.25, -0.2) is 13.2 Å². The minimum Gasteiger partial charge on any atom is -0.374 e. The molecular formula is C15H13BrF3N. The lowest BCUT2D eigenvalue weighted by Gasteiger charge is -2.18. The third-order valence-electron chi connectivity index (χ3n) is 3.07. The van der Waals surface area contributed by atoms with Crippen LogP contribution in [0.3, 0.4) is 0 Å². The van der Waals surface area contributed by atoms with Crippen LogP contribution in [-0.4, -0.2) is 0 Å². The maximum absolute atomic E-state index is 13.9. The molecule has 0 heterocycles. The van der Waals surface area contributed by atoms with Crippen LogP contribution in [-0.2, 0) is 0 Å². The second-order valence-electron chi connectivity index (χ2n) is 4.59. The Morgan fingerprint density at radius 3 is 2.45 bits per heavy atom. The van der Waals surface area contributed by atoms with E-state index in [1.807, 2.05) is 0 Å². The Bertz CT molecular complexity index is 643. The van der Waals surface area contributed by atoms with Crippen molar-refractivity contribution in [2.24, 2.45) is 0 Å². The summed E-state index contributed by atoms with van der Waals surface area (Å²) >= 11 is 3.25. The van der Waals surface area contributed by atoms with Crippen molar-refractivity contribution < 1.29 is 13.2 Å². The number of halogens is 4. The molecule has 1 N–H and O–H groups in total. The number of anilines is 1. The van der Waals surface area contributed by atoms with Crippen LogP contribution in [0, 0.1) is 24.4 Å². The minimum absolute atomic E-state index is 0.172. The van der Waals surface area contributed by atoms with Gasteiger partial charge in [-0.3, -0.25) is 0 Å². The number of nitrogens with one attached hydrogen (secondary N) is 1. The van der Waals surface area contributed by atoms with E-state index >= 15 is 0 Å². The average Bonchev–Trinajstić information content (AvgIpc) is 2.39. The molecular weight excluding hydrogens is 331 g/mol. The first-order valence-electron chi connectivity index (χ1n) is 6.06. The van der Waals surface area contributed by atoms with E-state index in [-0.39, 0.29) is 17.5 Å². The Hall–Kier alpha value is -1.49. The zero-order chi connectivity index (χ0) is 14.9. The van der Waals surface area contributed by atoms with E-state index in [0.717, 1.165) is 0 Å². The maximum Gasteiger partial charge on any atom is 0.152 e. The molecule has 0 radical (unpaired) electrons. The Morgan fingerprint density at radius 1 is 1.10 bits per heavy atom. The Balaban J connectivity index is 2.32. The van der Waals surface area contributed by atoms with Crippen LogP contribution >= 0.6 is 15.9 Å². The summed E-state index contributed by atoms with van der Waals surface area (Å²) < 4.78 is 41.2. The summed E-state index contributed by atoms with van der Waals surface area (Å²) in [6, 6.07) is 6.41. The number of benzene rings is 2. The van der Waals surface area contributed by atoms with E-state index in [1.54, 1.807) is 19.9 Å². The van der Waals surface area contributed by atoms with Crippen molar-refractivity contribution in [1.29, 1.82) is 0 Å². The highest BCUT2D eigenvalue weighted by atomic mass is 79.9. The van der Waals surface area contributed by atoms with Gasteiger partial charge in [0.25, 0.3) is 0 Å². The smallest absolute Gasteiger partial charge is 0.152 e. The summed E-state index contributed by atoms with van der Waals surface area (Å²) in [5.74, 6) is -1.64. The second-order valence-corrected chi connectivity index (χ2v) is 5.44. The summed E-state index contributed by atoms with van der Waals surface area (Å²) in [5, 5.41) is 2.79. The molecule has 0 spiro atoms. The zero-order valence-corrected chi connectivity index (χ0v) is 12.6. The lowest BCUT2D eigenvalue weighted by atomic mass is 10.1. The van der Waals surface area contributed by atoms with Gasteiger partial charge in [0.2, 0.25) is 0 Å². The van der Waals surface area contributed by atoms with E-state index in [1.165, 1.54) is 24.3 Å². The van der Waals surface area contributed by atoms with Gasteiger partial charge in [0.1, 0.15) is 17.3 Å². The molecule has 5 heteroatoms. The predicted octanol–water partition coefficient (Wildman–Crippen LogP) is 5.35. The first kappa shape index (κ1) is 14.9. The van der Waals surface area contributed by atoms with Crippen LogP contribution in [0.25, 0.3) is 0 Å². The van der Waals surface area contributed by atoms with E-state index < -0.39 is 11.6 Å². The van der Waals surface area contributed by atoms with Gasteiger partial charge in [0, 0.05) is 10.5 Å². The van der Waals surface area contributed by atoms with Crippen molar-refractivity contribution in [1.82, 2.24) is 0 Å². The first-order chi connectivity index (χ1) is 9.40. The molecule has 1 atom stereocenters. The maximum atomic E-state index is 13.9. The fourth-order valence-electron chi connectivity index (χ4n) is 1.94. The predicted molar refractivity (Wildman–Crippen MR) is 77.2 cm³/mol. The molecule has 0 amide bonds. The summed E-state index contributed by atoms with van der Waals surface area (Å²) in [7, 11) is 0. The third-order valence-corrected chi connectivity index (χ3v) is 3.76. The highest BCUT2D eigenvalue weighted by Crippen LogP contribution is 2.30. The van der Waals surface area contributed by atoms with Crippen LogP contribution < -0.4 is 5.32 Å². The molecule has 1 nitrogen and oxygen atoms in total. The summed E-state index contributed by atoms with van der Waals surface area (Å²) in [4.78, 5) is 0. The molecule has 0 bridgehead atoms. The van der Waals surface area contributed by atoms with E-state index in [9.17, 15) is 13.2 Å². The topological polar surface area (TPSA) is 12.0 Å². The Labute approximate surface area is 123 Å². The van der Waals surface area contributed by atoms with Crippen molar-refractivity contribution in [2.45, 2.75) is 19.9 Å². The highest BCUT2D eigenvalue weighted by molar-refractivity contribution is 9.10. The summed E-state index contributed by atoms with van der Waals surface area (Å²) in [5.41, 5.74) is 0.903. The molecule has 0 saturated heterocycles. The number of aryl methyl sites for hydroxylation is 1. The lowest BCUT2D eigenvalue weighted by molar-refractivity contribution is 0.578. The molecule has 1 unspecified atom stereocenters. The largest absolute Gasteiger partial charge is 0.374 e. The van der Waals surface area contributed by atoms with Crippen molar-refractivity contribution in [3.8, 4) is 0 Å². The van der Waals surface area contributed by atoms with Gasteiger partial charge < -0.3 is 5.32 Å². The standard InChI is InChI=1S/C15H13BrF3N/c1-8-3-6-13(18)15(14(8)19)20-9(2)11-5-4-10(17)7-12(11)16/h3-7,9,20H,1-2H3. The third kappa shape index (κ3) is 2.98. The average molecular weight is 344 g/mol. The monoisotopic (exact) mass is 343 g/mol. The number of rotatable bonds is 3. The van der Waals surface area contributed by atoms with Gasteiger partial charge in [0.15, 0.2) is 5.82 Å². The number of hydrogen-bond acceptors (Lipinski definition) is 1. The highest BCUT2D eigenvalue weighted by Gasteiger charge is 2.16. The molecule has 2 aromatic rings. The minimum atomic E-state index is -0.654. The molecule has 20 heavy (non-hydrogen) atoms. The van der Waals surface area contributed by atoms with Crippen molar-refractivity contribution in [3.63, 3.8) is 0 Å². The Kier molecular flexibility index (Phi) is 4.38. The molecule has 2 rings (SSSR count). The number of hydrogen-bond donors (Lipinski definition) is 1. The van der Waals surface area contributed by atoms with Crippen LogP contribution in [0.15, 0.2) is 34.8 Å². The van der Waals surface area contributed by atoms with Gasteiger partial charge in [-0.15, -0.1) is 0 Å². The molecule has 0 aliphatic carbocycles. The molecule has 0 aromatic heterocycles. The van der Waals surface area contributed by atoms with Gasteiger partial charge in [-0.05, 0) is 43.2 Å². The van der Waals surface area contributed by atoms with E-state index in [0.29, 0.717) is 15.6 Å². The molecule has 0 fully saturated rings. The second kappa shape index (κ2) is 5.87. The summed E-state index contributed by atoms with van der Waals surface area (Å²) in [6.07, 6.45) is 0. The van der Waals surface area contributed by atoms with Gasteiger partial charge >= 0.3 is 0 Å². The van der Waals surface area contributed by atoms with Crippen molar-refractivity contribution >= 4 is 21.6 Å². The molecule has 0 aliphatic heterocycles. The summed E-state index contributed by atoms with van der Waals surface area (Å²) in [6.45, 7) is 3.32. The fourth-order valence-corrected chi connectivity index (χ4v) is 2.63. The van der Waals surface area contributed by atoms with Gasteiger partial charge in [-0.2, -0.15) is 0 Å². The van der Waals surface area contributed by atoms with Crippen LogP contribution in [0.1, 0.15) is 24.1 Å². The SMILES string of the molecule is Cc1ccc(F)c(NC(C)c2ccc(F)cc2Br)c1F. The van der Waals surface area contributed by atoms with Crippen LogP contribution in [0.5, 0.6) is 0 Å². The normalized spacial score (nSPS) is 12.3.